The van der Waals surface area contributed by atoms with Crippen molar-refractivity contribution in [3.05, 3.63) is 65.4 Å². The Hall–Kier alpha value is -2.30. The smallest absolute Gasteiger partial charge is 0.201 e. The SMILES string of the molecule is C/C=C\Oc1ccc(-c2ccc(C3CCC(CCC)CC3)c(F)c2F)c(F)c1F. The van der Waals surface area contributed by atoms with Crippen molar-refractivity contribution in [2.24, 2.45) is 5.92 Å². The standard InChI is InChI=1S/C24H26F4O/c1-3-5-15-6-8-16(9-7-15)17-10-11-18(22(26)21(17)25)19-12-13-20(29-14-4-2)24(28)23(19)27/h4,10-16H,3,5-9H2,1-2H3/b14-4-. The van der Waals surface area contributed by atoms with E-state index >= 15 is 0 Å². The van der Waals surface area contributed by atoms with Crippen LogP contribution in [0, 0.1) is 29.2 Å². The van der Waals surface area contributed by atoms with Crippen molar-refractivity contribution in [2.75, 3.05) is 0 Å². The summed E-state index contributed by atoms with van der Waals surface area (Å²) in [6, 6.07) is 5.26. The van der Waals surface area contributed by atoms with Crippen molar-refractivity contribution in [2.45, 2.75) is 58.3 Å². The number of allylic oxidation sites excluding steroid dienone is 1. The summed E-state index contributed by atoms with van der Waals surface area (Å²) in [4.78, 5) is 0. The lowest BCUT2D eigenvalue weighted by Crippen LogP contribution is -2.15. The molecular formula is C24H26F4O. The molecule has 0 heterocycles. The summed E-state index contributed by atoms with van der Waals surface area (Å²) in [6.45, 7) is 3.82. The topological polar surface area (TPSA) is 9.23 Å². The van der Waals surface area contributed by atoms with Gasteiger partial charge in [0.15, 0.2) is 23.2 Å². The van der Waals surface area contributed by atoms with Gasteiger partial charge < -0.3 is 4.74 Å². The Balaban J connectivity index is 1.88. The first-order valence-corrected chi connectivity index (χ1v) is 10.2. The Morgan fingerprint density at radius 3 is 2.10 bits per heavy atom. The highest BCUT2D eigenvalue weighted by atomic mass is 19.2. The third kappa shape index (κ3) is 4.49. The Labute approximate surface area is 169 Å². The normalized spacial score (nSPS) is 19.7. The number of halogens is 4. The van der Waals surface area contributed by atoms with Crippen LogP contribution in [-0.4, -0.2) is 0 Å². The zero-order valence-corrected chi connectivity index (χ0v) is 16.8. The highest BCUT2D eigenvalue weighted by molar-refractivity contribution is 5.66. The molecule has 0 spiro atoms. The molecule has 3 rings (SSSR count). The number of hydrogen-bond donors (Lipinski definition) is 0. The van der Waals surface area contributed by atoms with Gasteiger partial charge in [0.25, 0.3) is 0 Å². The van der Waals surface area contributed by atoms with Crippen molar-refractivity contribution in [3.8, 4) is 16.9 Å². The van der Waals surface area contributed by atoms with Gasteiger partial charge in [0.2, 0.25) is 5.82 Å². The van der Waals surface area contributed by atoms with Crippen LogP contribution in [0.15, 0.2) is 36.6 Å². The highest BCUT2D eigenvalue weighted by Crippen LogP contribution is 2.40. The first-order chi connectivity index (χ1) is 14.0. The van der Waals surface area contributed by atoms with Crippen molar-refractivity contribution in [1.29, 1.82) is 0 Å². The summed E-state index contributed by atoms with van der Waals surface area (Å²) in [5.74, 6) is -4.30. The summed E-state index contributed by atoms with van der Waals surface area (Å²) >= 11 is 0. The number of hydrogen-bond acceptors (Lipinski definition) is 1. The quantitative estimate of drug-likeness (QED) is 0.350. The molecule has 156 valence electrons. The summed E-state index contributed by atoms with van der Waals surface area (Å²) in [5, 5.41) is 0. The van der Waals surface area contributed by atoms with Gasteiger partial charge in [-0.25, -0.2) is 13.2 Å². The van der Waals surface area contributed by atoms with E-state index in [4.69, 9.17) is 4.74 Å². The third-order valence-corrected chi connectivity index (χ3v) is 5.76. The molecule has 1 saturated carbocycles. The number of benzene rings is 2. The van der Waals surface area contributed by atoms with E-state index in [1.807, 2.05) is 0 Å². The molecule has 0 atom stereocenters. The predicted molar refractivity (Wildman–Crippen MR) is 107 cm³/mol. The van der Waals surface area contributed by atoms with E-state index in [0.29, 0.717) is 11.5 Å². The summed E-state index contributed by atoms with van der Waals surface area (Å²) < 4.78 is 63.3. The minimum Gasteiger partial charge on any atom is -0.462 e. The maximum atomic E-state index is 14.8. The molecule has 2 aromatic rings. The van der Waals surface area contributed by atoms with Gasteiger partial charge in [-0.05, 0) is 62.1 Å². The largest absolute Gasteiger partial charge is 0.462 e. The molecule has 0 N–H and O–H groups in total. The molecule has 1 aliphatic rings. The van der Waals surface area contributed by atoms with Crippen LogP contribution >= 0.6 is 0 Å². The molecule has 0 radical (unpaired) electrons. The molecule has 0 aromatic heterocycles. The lowest BCUT2D eigenvalue weighted by atomic mass is 9.77. The minimum absolute atomic E-state index is 0.0372. The minimum atomic E-state index is -1.27. The first kappa shape index (κ1) is 21.4. The maximum absolute atomic E-state index is 14.8. The van der Waals surface area contributed by atoms with Gasteiger partial charge in [0.05, 0.1) is 6.26 Å². The van der Waals surface area contributed by atoms with Crippen molar-refractivity contribution < 1.29 is 22.3 Å². The van der Waals surface area contributed by atoms with E-state index in [2.05, 4.69) is 6.92 Å². The van der Waals surface area contributed by atoms with Crippen molar-refractivity contribution in [1.82, 2.24) is 0 Å². The van der Waals surface area contributed by atoms with Gasteiger partial charge in [0, 0.05) is 11.1 Å². The summed E-state index contributed by atoms with van der Waals surface area (Å²) in [6.07, 6.45) is 8.69. The second-order valence-corrected chi connectivity index (χ2v) is 7.66. The van der Waals surface area contributed by atoms with Crippen LogP contribution in [-0.2, 0) is 0 Å². The van der Waals surface area contributed by atoms with Gasteiger partial charge in [-0.1, -0.05) is 38.0 Å². The summed E-state index contributed by atoms with van der Waals surface area (Å²) in [7, 11) is 0. The highest BCUT2D eigenvalue weighted by Gasteiger charge is 2.27. The number of rotatable bonds is 6. The maximum Gasteiger partial charge on any atom is 0.201 e. The Kier molecular flexibility index (Phi) is 6.99. The molecule has 1 nitrogen and oxygen atoms in total. The molecule has 0 amide bonds. The lowest BCUT2D eigenvalue weighted by molar-refractivity contribution is 0.303. The Morgan fingerprint density at radius 1 is 0.862 bits per heavy atom. The van der Waals surface area contributed by atoms with E-state index in [-0.39, 0.29) is 22.8 Å². The molecule has 1 fully saturated rings. The molecule has 0 unspecified atom stereocenters. The van der Waals surface area contributed by atoms with Gasteiger partial charge in [-0.3, -0.25) is 0 Å². The monoisotopic (exact) mass is 406 g/mol. The van der Waals surface area contributed by atoms with Gasteiger partial charge in [-0.15, -0.1) is 0 Å². The average molecular weight is 406 g/mol. The Bertz CT molecular complexity index is 883. The molecule has 5 heteroatoms. The fraction of sp³-hybridized carbons (Fsp3) is 0.417. The third-order valence-electron chi connectivity index (χ3n) is 5.76. The van der Waals surface area contributed by atoms with Crippen LogP contribution in [0.2, 0.25) is 0 Å². The molecule has 1 aliphatic carbocycles. The van der Waals surface area contributed by atoms with Crippen LogP contribution in [0.5, 0.6) is 5.75 Å². The predicted octanol–water partition coefficient (Wildman–Crippen LogP) is 7.90. The molecule has 0 aliphatic heterocycles. The second kappa shape index (κ2) is 9.47. The lowest BCUT2D eigenvalue weighted by Gasteiger charge is -2.29. The molecule has 0 bridgehead atoms. The van der Waals surface area contributed by atoms with Crippen LogP contribution in [0.1, 0.15) is 63.9 Å². The van der Waals surface area contributed by atoms with Gasteiger partial charge >= 0.3 is 0 Å². The van der Waals surface area contributed by atoms with E-state index < -0.39 is 23.3 Å². The number of ether oxygens (including phenoxy) is 1. The molecular weight excluding hydrogens is 380 g/mol. The van der Waals surface area contributed by atoms with E-state index in [1.165, 1.54) is 43.0 Å². The fourth-order valence-corrected chi connectivity index (χ4v) is 4.23. The average Bonchev–Trinajstić information content (AvgIpc) is 2.73. The molecule has 2 aromatic carbocycles. The van der Waals surface area contributed by atoms with Gasteiger partial charge in [0.1, 0.15) is 0 Å². The van der Waals surface area contributed by atoms with E-state index in [9.17, 15) is 17.6 Å². The Morgan fingerprint density at radius 2 is 1.48 bits per heavy atom. The van der Waals surface area contributed by atoms with E-state index in [0.717, 1.165) is 32.1 Å². The zero-order valence-electron chi connectivity index (χ0n) is 16.8. The van der Waals surface area contributed by atoms with E-state index in [1.54, 1.807) is 6.92 Å². The fourth-order valence-electron chi connectivity index (χ4n) is 4.23. The van der Waals surface area contributed by atoms with Crippen molar-refractivity contribution >= 4 is 0 Å². The van der Waals surface area contributed by atoms with Crippen LogP contribution in [0.3, 0.4) is 0 Å². The second-order valence-electron chi connectivity index (χ2n) is 7.66. The zero-order chi connectivity index (χ0) is 21.0. The first-order valence-electron chi connectivity index (χ1n) is 10.2. The van der Waals surface area contributed by atoms with Crippen molar-refractivity contribution in [3.63, 3.8) is 0 Å². The van der Waals surface area contributed by atoms with Crippen LogP contribution < -0.4 is 4.74 Å². The van der Waals surface area contributed by atoms with Gasteiger partial charge in [-0.2, -0.15) is 4.39 Å². The molecule has 29 heavy (non-hydrogen) atoms. The summed E-state index contributed by atoms with van der Waals surface area (Å²) in [5.41, 5.74) is -0.292. The van der Waals surface area contributed by atoms with Crippen LogP contribution in [0.25, 0.3) is 11.1 Å². The van der Waals surface area contributed by atoms with Crippen LogP contribution in [0.4, 0.5) is 17.6 Å². The molecule has 0 saturated heterocycles.